The molecule has 82 valence electrons. The Bertz CT molecular complexity index is 371. The van der Waals surface area contributed by atoms with Gasteiger partial charge in [0.2, 0.25) is 0 Å². The lowest BCUT2D eigenvalue weighted by Gasteiger charge is -2.32. The number of thiazole rings is 1. The molecule has 0 radical (unpaired) electrons. The van der Waals surface area contributed by atoms with Crippen molar-refractivity contribution in [3.8, 4) is 0 Å². The largest absolute Gasteiger partial charge is 0.480 e. The van der Waals surface area contributed by atoms with Crippen molar-refractivity contribution in [1.29, 1.82) is 0 Å². The Kier molecular flexibility index (Phi) is 3.38. The molecule has 1 unspecified atom stereocenters. The third-order valence-electron chi connectivity index (χ3n) is 2.12. The number of hydrogen-bond donors (Lipinski definition) is 1. The number of carboxylic acids is 1. The number of carbonyl (C=O) groups is 1. The third-order valence-corrected chi connectivity index (χ3v) is 4.35. The van der Waals surface area contributed by atoms with Gasteiger partial charge in [0.05, 0.1) is 0 Å². The minimum atomic E-state index is -0.798. The van der Waals surface area contributed by atoms with Gasteiger partial charge in [-0.2, -0.15) is 11.8 Å². The van der Waals surface area contributed by atoms with Crippen LogP contribution in [-0.2, 0) is 4.79 Å². The maximum Gasteiger partial charge on any atom is 0.327 e. The molecule has 0 saturated carbocycles. The smallest absolute Gasteiger partial charge is 0.327 e. The molecule has 1 aromatic rings. The van der Waals surface area contributed by atoms with Crippen LogP contribution in [0.15, 0.2) is 5.38 Å². The summed E-state index contributed by atoms with van der Waals surface area (Å²) in [5.41, 5.74) is 0. The molecule has 1 fully saturated rings. The molecule has 1 aromatic heterocycles. The van der Waals surface area contributed by atoms with Crippen LogP contribution in [0.1, 0.15) is 0 Å². The van der Waals surface area contributed by atoms with Crippen molar-refractivity contribution in [2.45, 2.75) is 6.04 Å². The zero-order chi connectivity index (χ0) is 10.8. The molecule has 1 N–H and O–H groups in total. The minimum absolute atomic E-state index is 0.428. The van der Waals surface area contributed by atoms with Gasteiger partial charge in [0.15, 0.2) is 5.13 Å². The molecule has 2 rings (SSSR count). The summed E-state index contributed by atoms with van der Waals surface area (Å²) in [6, 6.07) is -0.481. The summed E-state index contributed by atoms with van der Waals surface area (Å²) in [5, 5.41) is 11.9. The molecule has 4 nitrogen and oxygen atoms in total. The van der Waals surface area contributed by atoms with Crippen molar-refractivity contribution in [3.05, 3.63) is 10.5 Å². The molecular weight excluding hydrogens is 256 g/mol. The van der Waals surface area contributed by atoms with Crippen LogP contribution in [0.3, 0.4) is 0 Å². The van der Waals surface area contributed by atoms with Crippen molar-refractivity contribution in [3.63, 3.8) is 0 Å². The van der Waals surface area contributed by atoms with Crippen molar-refractivity contribution in [1.82, 2.24) is 4.98 Å². The van der Waals surface area contributed by atoms with Crippen molar-refractivity contribution < 1.29 is 9.90 Å². The first-order valence-corrected chi connectivity index (χ1v) is 6.78. The van der Waals surface area contributed by atoms with E-state index < -0.39 is 12.0 Å². The van der Waals surface area contributed by atoms with Crippen molar-refractivity contribution in [2.24, 2.45) is 0 Å². The summed E-state index contributed by atoms with van der Waals surface area (Å²) >= 11 is 8.77. The monoisotopic (exact) mass is 264 g/mol. The average Bonchev–Trinajstić information content (AvgIpc) is 2.65. The highest BCUT2D eigenvalue weighted by molar-refractivity contribution is 7.99. The molecule has 1 atom stereocenters. The van der Waals surface area contributed by atoms with Crippen LogP contribution < -0.4 is 4.90 Å². The first kappa shape index (κ1) is 11.0. The fourth-order valence-corrected chi connectivity index (χ4v) is 3.48. The van der Waals surface area contributed by atoms with Crippen molar-refractivity contribution >= 4 is 45.8 Å². The Balaban J connectivity index is 2.21. The van der Waals surface area contributed by atoms with E-state index >= 15 is 0 Å². The van der Waals surface area contributed by atoms with E-state index in [1.165, 1.54) is 11.3 Å². The number of hydrogen-bond acceptors (Lipinski definition) is 5. The van der Waals surface area contributed by atoms with Gasteiger partial charge in [-0.25, -0.2) is 9.78 Å². The van der Waals surface area contributed by atoms with Gasteiger partial charge in [0, 0.05) is 23.4 Å². The van der Waals surface area contributed by atoms with Crippen LogP contribution in [0.25, 0.3) is 0 Å². The van der Waals surface area contributed by atoms with Gasteiger partial charge in [-0.05, 0) is 0 Å². The van der Waals surface area contributed by atoms with Gasteiger partial charge in [0.1, 0.15) is 11.2 Å². The number of aliphatic carboxylic acids is 1. The Hall–Kier alpha value is -0.460. The number of anilines is 1. The van der Waals surface area contributed by atoms with E-state index in [1.807, 2.05) is 4.90 Å². The first-order valence-electron chi connectivity index (χ1n) is 4.36. The van der Waals surface area contributed by atoms with Gasteiger partial charge >= 0.3 is 5.97 Å². The molecular formula is C8H9ClN2O2S2. The average molecular weight is 265 g/mol. The third kappa shape index (κ3) is 2.38. The maximum absolute atomic E-state index is 11.0. The van der Waals surface area contributed by atoms with Crippen LogP contribution >= 0.6 is 34.7 Å². The predicted octanol–water partition coefficient (Wildman–Crippen LogP) is 1.80. The van der Waals surface area contributed by atoms with Crippen LogP contribution in [0.4, 0.5) is 5.13 Å². The molecule has 1 saturated heterocycles. The molecule has 0 spiro atoms. The highest BCUT2D eigenvalue weighted by Crippen LogP contribution is 2.28. The molecule has 0 aliphatic carbocycles. The van der Waals surface area contributed by atoms with E-state index in [1.54, 1.807) is 17.1 Å². The summed E-state index contributed by atoms with van der Waals surface area (Å²) in [5.74, 6) is 0.738. The number of carboxylic acid groups (broad SMARTS) is 1. The minimum Gasteiger partial charge on any atom is -0.480 e. The molecule has 1 aliphatic rings. The van der Waals surface area contributed by atoms with Gasteiger partial charge < -0.3 is 10.0 Å². The lowest BCUT2D eigenvalue weighted by atomic mass is 10.3. The zero-order valence-electron chi connectivity index (χ0n) is 7.72. The second-order valence-electron chi connectivity index (χ2n) is 3.08. The quantitative estimate of drug-likeness (QED) is 0.883. The maximum atomic E-state index is 11.0. The summed E-state index contributed by atoms with van der Waals surface area (Å²) in [6.45, 7) is 0.714. The second-order valence-corrected chi connectivity index (χ2v) is 5.45. The second kappa shape index (κ2) is 4.59. The van der Waals surface area contributed by atoms with Crippen LogP contribution in [0, 0.1) is 0 Å². The number of rotatable bonds is 2. The lowest BCUT2D eigenvalue weighted by Crippen LogP contribution is -2.47. The van der Waals surface area contributed by atoms with E-state index in [0.717, 1.165) is 5.75 Å². The SMILES string of the molecule is O=C(O)C1CSCCN1c1nc(Cl)cs1. The fraction of sp³-hybridized carbons (Fsp3) is 0.500. The molecule has 15 heavy (non-hydrogen) atoms. The Morgan fingerprint density at radius 2 is 2.53 bits per heavy atom. The van der Waals surface area contributed by atoms with E-state index in [9.17, 15) is 4.79 Å². The normalized spacial score (nSPS) is 21.7. The first-order chi connectivity index (χ1) is 7.18. The van der Waals surface area contributed by atoms with E-state index in [4.69, 9.17) is 16.7 Å². The Labute approximate surface area is 100 Å². The summed E-state index contributed by atoms with van der Waals surface area (Å²) in [4.78, 5) is 17.0. The van der Waals surface area contributed by atoms with E-state index in [2.05, 4.69) is 4.98 Å². The van der Waals surface area contributed by atoms with E-state index in [0.29, 0.717) is 22.6 Å². The molecule has 0 amide bonds. The number of nitrogens with zero attached hydrogens (tertiary/aromatic N) is 2. The topological polar surface area (TPSA) is 53.4 Å². The van der Waals surface area contributed by atoms with Gasteiger partial charge in [0.25, 0.3) is 0 Å². The van der Waals surface area contributed by atoms with Gasteiger partial charge in [-0.15, -0.1) is 11.3 Å². The number of halogens is 1. The standard InChI is InChI=1S/C8H9ClN2O2S2/c9-6-4-15-8(10-6)11-1-2-14-3-5(11)7(12)13/h4-5H,1-3H2,(H,12,13). The molecule has 1 aliphatic heterocycles. The summed E-state index contributed by atoms with van der Waals surface area (Å²) in [7, 11) is 0. The molecule has 0 aromatic carbocycles. The van der Waals surface area contributed by atoms with Gasteiger partial charge in [-0.3, -0.25) is 0 Å². The zero-order valence-corrected chi connectivity index (χ0v) is 10.1. The predicted molar refractivity (Wildman–Crippen MR) is 63.2 cm³/mol. The Morgan fingerprint density at radius 3 is 3.13 bits per heavy atom. The Morgan fingerprint density at radius 1 is 1.73 bits per heavy atom. The molecule has 2 heterocycles. The highest BCUT2D eigenvalue weighted by atomic mass is 35.5. The number of thioether (sulfide) groups is 1. The summed E-state index contributed by atoms with van der Waals surface area (Å²) in [6.07, 6.45) is 0. The van der Waals surface area contributed by atoms with Crippen LogP contribution in [-0.4, -0.2) is 40.2 Å². The van der Waals surface area contributed by atoms with E-state index in [-0.39, 0.29) is 0 Å². The lowest BCUT2D eigenvalue weighted by molar-refractivity contribution is -0.138. The number of aromatic nitrogens is 1. The molecule has 0 bridgehead atoms. The fourth-order valence-electron chi connectivity index (χ4n) is 1.41. The molecule has 7 heteroatoms. The highest BCUT2D eigenvalue weighted by Gasteiger charge is 2.30. The van der Waals surface area contributed by atoms with Gasteiger partial charge in [-0.1, -0.05) is 11.6 Å². The van der Waals surface area contributed by atoms with Crippen LogP contribution in [0.2, 0.25) is 5.15 Å². The van der Waals surface area contributed by atoms with Crippen molar-refractivity contribution in [2.75, 3.05) is 23.0 Å². The summed E-state index contributed by atoms with van der Waals surface area (Å²) < 4.78 is 0. The van der Waals surface area contributed by atoms with Crippen LogP contribution in [0.5, 0.6) is 0 Å².